The predicted octanol–water partition coefficient (Wildman–Crippen LogP) is 16.7. The number of unbranched alkanes of at least 4 members (excludes halogenated alkanes) is 2. The Labute approximate surface area is 571 Å². The number of halogens is 12. The van der Waals surface area contributed by atoms with Crippen molar-refractivity contribution < 1.29 is 71.9 Å². The first kappa shape index (κ1) is 72.0. The smallest absolute Gasteiger partial charge is 0.352 e. The maximum absolute atomic E-state index is 15.6. The molecule has 0 aromatic heterocycles. The molecule has 1 heterocycles. The van der Waals surface area contributed by atoms with Crippen molar-refractivity contribution in [3.8, 4) is 44.5 Å². The van der Waals surface area contributed by atoms with Gasteiger partial charge in [-0.15, -0.1) is 0 Å². The van der Waals surface area contributed by atoms with E-state index in [0.29, 0.717) is 122 Å². The molecule has 0 bridgehead atoms. The van der Waals surface area contributed by atoms with Crippen LogP contribution in [0.2, 0.25) is 0 Å². The highest BCUT2D eigenvalue weighted by Crippen LogP contribution is 2.53. The van der Waals surface area contributed by atoms with Crippen LogP contribution in [0.3, 0.4) is 0 Å². The number of nitrogens with one attached hydrogen (secondary N) is 3. The third kappa shape index (κ3) is 16.0. The van der Waals surface area contributed by atoms with Crippen LogP contribution in [-0.2, 0) is 32.8 Å². The molecule has 0 radical (unpaired) electrons. The van der Waals surface area contributed by atoms with E-state index < -0.39 is 77.5 Å². The van der Waals surface area contributed by atoms with Gasteiger partial charge < -0.3 is 30.7 Å². The topological polar surface area (TPSA) is 114 Å². The minimum Gasteiger partial charge on any atom is -0.352 e. The van der Waals surface area contributed by atoms with E-state index in [1.54, 1.807) is 114 Å². The number of rotatable bonds is 26. The number of hydrogen-bond donors (Lipinski definition) is 3. The average molecular weight is 1390 g/mol. The molecular formula is C78H74F12N6O4. The van der Waals surface area contributed by atoms with Gasteiger partial charge in [-0.2, -0.15) is 52.7 Å². The highest BCUT2D eigenvalue weighted by atomic mass is 19.4. The first-order valence-corrected chi connectivity index (χ1v) is 33.4. The number of likely N-dealkylation sites (tertiary alicyclic amines) is 1. The van der Waals surface area contributed by atoms with Gasteiger partial charge in [-0.3, -0.25) is 19.2 Å². The molecule has 1 saturated heterocycles. The molecule has 2 aliphatic carbocycles. The van der Waals surface area contributed by atoms with E-state index in [0.717, 1.165) is 46.5 Å². The standard InChI is InChI=1S/C78H74F12N6O4/c79-75(80,81)50-92-71(99)73(65-26-9-5-20-59(65)60-21-6-10-27-66(60)73)40-13-15-43-94(45-17-42-91-69(97)63-24-3-1-18-57(63)52-30-34-54(35-31-52)77(85,86)87)48-49-96(70(98)64-25-4-2-19-58(64)53-32-36-55(37-33-53)78(88,89)90)56-38-46-95(47-39-56)44-16-14-41-74(72(100)93-51-76(82,83)84)67-28-11-7-22-61(67)62-23-8-12-29-68(62)74/h1-12,18-37,56H,13-17,38-51H2,(H,91,97)(H,92,99)(H,93,100). The zero-order chi connectivity index (χ0) is 71.0. The molecule has 8 aromatic carbocycles. The summed E-state index contributed by atoms with van der Waals surface area (Å²) in [6.45, 7) is -0.255. The Morgan fingerprint density at radius 3 is 1.22 bits per heavy atom. The Morgan fingerprint density at radius 2 is 0.790 bits per heavy atom. The van der Waals surface area contributed by atoms with Gasteiger partial charge in [-0.05, 0) is 168 Å². The van der Waals surface area contributed by atoms with Gasteiger partial charge in [0.25, 0.3) is 11.8 Å². The van der Waals surface area contributed by atoms with Crippen molar-refractivity contribution in [2.75, 3.05) is 65.4 Å². The number of amides is 4. The lowest BCUT2D eigenvalue weighted by molar-refractivity contribution is -0.141. The Balaban J connectivity index is 0.839. The lowest BCUT2D eigenvalue weighted by Gasteiger charge is -2.40. The highest BCUT2D eigenvalue weighted by Gasteiger charge is 2.51. The van der Waals surface area contributed by atoms with Crippen LogP contribution < -0.4 is 16.0 Å². The zero-order valence-electron chi connectivity index (χ0n) is 54.5. The molecule has 0 saturated carbocycles. The summed E-state index contributed by atoms with van der Waals surface area (Å²) in [4.78, 5) is 64.4. The van der Waals surface area contributed by atoms with Crippen LogP contribution in [0, 0.1) is 0 Å². The molecule has 10 nitrogen and oxygen atoms in total. The number of hydrogen-bond acceptors (Lipinski definition) is 6. The molecule has 0 spiro atoms. The number of alkyl halides is 12. The van der Waals surface area contributed by atoms with Gasteiger partial charge in [-0.1, -0.05) is 171 Å². The maximum atomic E-state index is 15.6. The fourth-order valence-electron chi connectivity index (χ4n) is 14.8. The molecule has 3 aliphatic rings. The van der Waals surface area contributed by atoms with Crippen LogP contribution in [0.4, 0.5) is 52.7 Å². The van der Waals surface area contributed by atoms with Crippen LogP contribution in [0.25, 0.3) is 44.5 Å². The van der Waals surface area contributed by atoms with Crippen LogP contribution in [-0.4, -0.2) is 122 Å². The molecule has 11 rings (SSSR count). The van der Waals surface area contributed by atoms with Gasteiger partial charge in [-0.25, -0.2) is 0 Å². The lowest BCUT2D eigenvalue weighted by atomic mass is 9.73. The van der Waals surface area contributed by atoms with E-state index in [2.05, 4.69) is 25.8 Å². The largest absolute Gasteiger partial charge is 0.416 e. The molecule has 0 unspecified atom stereocenters. The zero-order valence-corrected chi connectivity index (χ0v) is 54.5. The minimum absolute atomic E-state index is 0.122. The van der Waals surface area contributed by atoms with Gasteiger partial charge >= 0.3 is 24.7 Å². The van der Waals surface area contributed by atoms with Crippen molar-refractivity contribution in [1.29, 1.82) is 0 Å². The Morgan fingerprint density at radius 1 is 0.410 bits per heavy atom. The molecule has 100 heavy (non-hydrogen) atoms. The summed E-state index contributed by atoms with van der Waals surface area (Å²) in [5.41, 5.74) is 2.86. The van der Waals surface area contributed by atoms with E-state index in [-0.39, 0.29) is 55.6 Å². The second kappa shape index (κ2) is 30.3. The molecule has 8 aromatic rings. The summed E-state index contributed by atoms with van der Waals surface area (Å²) in [5.74, 6) is -2.40. The fraction of sp³-hybridized carbons (Fsp3) is 0.333. The number of carbonyl (C=O) groups excluding carboxylic acids is 4. The van der Waals surface area contributed by atoms with Crippen molar-refractivity contribution >= 4 is 23.6 Å². The maximum Gasteiger partial charge on any atom is 0.416 e. The van der Waals surface area contributed by atoms with Gasteiger partial charge in [0, 0.05) is 49.9 Å². The first-order chi connectivity index (χ1) is 47.8. The summed E-state index contributed by atoms with van der Waals surface area (Å²) >= 11 is 0. The van der Waals surface area contributed by atoms with Crippen molar-refractivity contribution in [1.82, 2.24) is 30.7 Å². The quantitative estimate of drug-likeness (QED) is 0.0368. The summed E-state index contributed by atoms with van der Waals surface area (Å²) < 4.78 is 165. The highest BCUT2D eigenvalue weighted by molar-refractivity contribution is 6.03. The Bertz CT molecular complexity index is 4110. The van der Waals surface area contributed by atoms with E-state index in [1.165, 1.54) is 24.3 Å². The second-order valence-corrected chi connectivity index (χ2v) is 25.8. The SMILES string of the molecule is O=C(NCCCN(CCCCC1(C(=O)NCC(F)(F)F)c2ccccc2-c2ccccc21)CCN(C(=O)c1ccccc1-c1ccc(C(F)(F)F)cc1)C1CCN(CCCCC2(C(=O)NCC(F)(F)F)c3ccccc3-c3ccccc32)CC1)c1ccccc1-c1ccc(C(F)(F)F)cc1. The average Bonchev–Trinajstić information content (AvgIpc) is 1.57. The van der Waals surface area contributed by atoms with Gasteiger partial charge in [0.05, 0.1) is 11.1 Å². The lowest BCUT2D eigenvalue weighted by Crippen LogP contribution is -2.50. The Hall–Kier alpha value is -9.28. The van der Waals surface area contributed by atoms with E-state index >= 15 is 4.79 Å². The van der Waals surface area contributed by atoms with Crippen molar-refractivity contribution in [2.45, 2.75) is 99.4 Å². The van der Waals surface area contributed by atoms with Gasteiger partial charge in [0.15, 0.2) is 0 Å². The summed E-state index contributed by atoms with van der Waals surface area (Å²) in [6.07, 6.45) is -15.1. The summed E-state index contributed by atoms with van der Waals surface area (Å²) in [5, 5.41) is 7.34. The van der Waals surface area contributed by atoms with Crippen LogP contribution in [0.1, 0.15) is 112 Å². The van der Waals surface area contributed by atoms with E-state index in [1.807, 2.05) is 36.4 Å². The number of fused-ring (bicyclic) bond motifs is 6. The van der Waals surface area contributed by atoms with Gasteiger partial charge in [0.2, 0.25) is 11.8 Å². The number of benzene rings is 8. The molecule has 3 N–H and O–H groups in total. The van der Waals surface area contributed by atoms with E-state index in [4.69, 9.17) is 0 Å². The van der Waals surface area contributed by atoms with Crippen molar-refractivity contribution in [2.24, 2.45) is 0 Å². The molecule has 524 valence electrons. The molecule has 1 aliphatic heterocycles. The Kier molecular flexibility index (Phi) is 21.8. The minimum atomic E-state index is -4.70. The van der Waals surface area contributed by atoms with Crippen molar-refractivity contribution in [3.05, 3.63) is 239 Å². The normalized spacial score (nSPS) is 15.0. The van der Waals surface area contributed by atoms with Gasteiger partial charge in [0.1, 0.15) is 23.9 Å². The van der Waals surface area contributed by atoms with Crippen LogP contribution >= 0.6 is 0 Å². The third-order valence-electron chi connectivity index (χ3n) is 19.6. The first-order valence-electron chi connectivity index (χ1n) is 33.4. The summed E-state index contributed by atoms with van der Waals surface area (Å²) in [7, 11) is 0. The molecule has 4 amide bonds. The monoisotopic (exact) mass is 1390 g/mol. The van der Waals surface area contributed by atoms with Crippen LogP contribution in [0.5, 0.6) is 0 Å². The number of nitrogens with zero attached hydrogens (tertiary/aromatic N) is 3. The second-order valence-electron chi connectivity index (χ2n) is 25.8. The summed E-state index contributed by atoms with van der Waals surface area (Å²) in [6, 6.07) is 50.6. The van der Waals surface area contributed by atoms with Crippen LogP contribution in [0.15, 0.2) is 194 Å². The molecule has 0 atom stereocenters. The number of carbonyl (C=O) groups is 4. The third-order valence-corrected chi connectivity index (χ3v) is 19.6. The molecular weight excluding hydrogens is 1310 g/mol. The molecule has 22 heteroatoms. The number of piperidine rings is 1. The molecule has 1 fully saturated rings. The predicted molar refractivity (Wildman–Crippen MR) is 359 cm³/mol. The van der Waals surface area contributed by atoms with E-state index in [9.17, 15) is 67.1 Å². The fourth-order valence-corrected chi connectivity index (χ4v) is 14.8. The van der Waals surface area contributed by atoms with Crippen molar-refractivity contribution in [3.63, 3.8) is 0 Å².